The Labute approximate surface area is 110 Å². The Kier molecular flexibility index (Phi) is 4.74. The van der Waals surface area contributed by atoms with Gasteiger partial charge < -0.3 is 5.73 Å². The van der Waals surface area contributed by atoms with Gasteiger partial charge in [0.15, 0.2) is 0 Å². The van der Waals surface area contributed by atoms with E-state index in [0.717, 1.165) is 0 Å². The van der Waals surface area contributed by atoms with E-state index in [0.29, 0.717) is 32.6 Å². The van der Waals surface area contributed by atoms with Crippen molar-refractivity contribution in [3.05, 3.63) is 0 Å². The standard InChI is InChI=1S/C11H24N4O2S/c1-4-9-18(16,17)15-7-5-14(6-8-15)11(2,3)10(12)13/h4-9H2,1-3H3,(H3,12,13). The average Bonchev–Trinajstić information content (AvgIpc) is 2.29. The Balaban J connectivity index is 2.65. The third kappa shape index (κ3) is 3.21. The normalized spacial score (nSPS) is 19.9. The summed E-state index contributed by atoms with van der Waals surface area (Å²) in [4.78, 5) is 2.06. The predicted molar refractivity (Wildman–Crippen MR) is 73.2 cm³/mol. The van der Waals surface area contributed by atoms with Crippen molar-refractivity contribution in [1.29, 1.82) is 5.41 Å². The number of sulfonamides is 1. The lowest BCUT2D eigenvalue weighted by atomic mass is 10.0. The van der Waals surface area contributed by atoms with E-state index in [2.05, 4.69) is 4.90 Å². The molecule has 7 heteroatoms. The van der Waals surface area contributed by atoms with Crippen molar-refractivity contribution in [1.82, 2.24) is 9.21 Å². The molecule has 1 heterocycles. The summed E-state index contributed by atoms with van der Waals surface area (Å²) in [5, 5.41) is 7.58. The Morgan fingerprint density at radius 1 is 1.28 bits per heavy atom. The van der Waals surface area contributed by atoms with Crippen LogP contribution >= 0.6 is 0 Å². The summed E-state index contributed by atoms with van der Waals surface area (Å²) in [6.07, 6.45) is 0.640. The average molecular weight is 276 g/mol. The summed E-state index contributed by atoms with van der Waals surface area (Å²) in [5.41, 5.74) is 5.08. The molecule has 1 fully saturated rings. The summed E-state index contributed by atoms with van der Waals surface area (Å²) < 4.78 is 25.4. The Morgan fingerprint density at radius 2 is 1.78 bits per heavy atom. The van der Waals surface area contributed by atoms with Crippen LogP contribution in [0, 0.1) is 5.41 Å². The lowest BCUT2D eigenvalue weighted by Gasteiger charge is -2.42. The Morgan fingerprint density at radius 3 is 2.17 bits per heavy atom. The Hall–Kier alpha value is -0.660. The van der Waals surface area contributed by atoms with E-state index in [1.54, 1.807) is 4.31 Å². The number of hydrogen-bond acceptors (Lipinski definition) is 4. The topological polar surface area (TPSA) is 90.5 Å². The van der Waals surface area contributed by atoms with Crippen LogP contribution in [0.3, 0.4) is 0 Å². The number of rotatable bonds is 5. The van der Waals surface area contributed by atoms with Crippen molar-refractivity contribution in [2.45, 2.75) is 32.7 Å². The second-order valence-electron chi connectivity index (χ2n) is 5.17. The molecule has 0 saturated carbocycles. The second-order valence-corrected chi connectivity index (χ2v) is 7.26. The largest absolute Gasteiger partial charge is 0.386 e. The monoisotopic (exact) mass is 276 g/mol. The molecule has 6 nitrogen and oxygen atoms in total. The molecule has 1 saturated heterocycles. The maximum atomic E-state index is 11.9. The summed E-state index contributed by atoms with van der Waals surface area (Å²) in [5.74, 6) is 0.329. The van der Waals surface area contributed by atoms with Gasteiger partial charge in [-0.1, -0.05) is 6.92 Å². The highest BCUT2D eigenvalue weighted by atomic mass is 32.2. The van der Waals surface area contributed by atoms with Crippen molar-refractivity contribution < 1.29 is 8.42 Å². The molecule has 18 heavy (non-hydrogen) atoms. The molecule has 1 aliphatic rings. The highest BCUT2D eigenvalue weighted by molar-refractivity contribution is 7.89. The van der Waals surface area contributed by atoms with Gasteiger partial charge in [-0.05, 0) is 20.3 Å². The van der Waals surface area contributed by atoms with E-state index in [1.165, 1.54) is 0 Å². The fourth-order valence-electron chi connectivity index (χ4n) is 2.08. The maximum Gasteiger partial charge on any atom is 0.214 e. The van der Waals surface area contributed by atoms with Gasteiger partial charge in [-0.25, -0.2) is 8.42 Å². The molecule has 3 N–H and O–H groups in total. The van der Waals surface area contributed by atoms with E-state index in [-0.39, 0.29) is 11.6 Å². The van der Waals surface area contributed by atoms with Gasteiger partial charge in [0.25, 0.3) is 0 Å². The van der Waals surface area contributed by atoms with E-state index < -0.39 is 15.6 Å². The molecule has 0 radical (unpaired) electrons. The highest BCUT2D eigenvalue weighted by Gasteiger charge is 2.35. The number of nitrogens with two attached hydrogens (primary N) is 1. The third-order valence-corrected chi connectivity index (χ3v) is 5.62. The second kappa shape index (κ2) is 5.54. The number of nitrogens with one attached hydrogen (secondary N) is 1. The first-order chi connectivity index (χ1) is 8.21. The first kappa shape index (κ1) is 15.4. The third-order valence-electron chi connectivity index (χ3n) is 3.54. The molecular formula is C11H24N4O2S. The molecule has 0 spiro atoms. The minimum Gasteiger partial charge on any atom is -0.386 e. The van der Waals surface area contributed by atoms with Gasteiger partial charge in [0.1, 0.15) is 5.84 Å². The zero-order valence-corrected chi connectivity index (χ0v) is 12.3. The lowest BCUT2D eigenvalue weighted by Crippen LogP contribution is -2.60. The van der Waals surface area contributed by atoms with Crippen molar-refractivity contribution in [3.63, 3.8) is 0 Å². The molecule has 1 aliphatic heterocycles. The van der Waals surface area contributed by atoms with Crippen LogP contribution in [0.1, 0.15) is 27.2 Å². The molecular weight excluding hydrogens is 252 g/mol. The minimum absolute atomic E-state index is 0.118. The molecule has 0 aromatic carbocycles. The fraction of sp³-hybridized carbons (Fsp3) is 0.909. The van der Waals surface area contributed by atoms with Gasteiger partial charge in [0.2, 0.25) is 10.0 Å². The van der Waals surface area contributed by atoms with E-state index >= 15 is 0 Å². The van der Waals surface area contributed by atoms with Crippen molar-refractivity contribution in [3.8, 4) is 0 Å². The van der Waals surface area contributed by atoms with Crippen LogP contribution < -0.4 is 5.73 Å². The van der Waals surface area contributed by atoms with Crippen LogP contribution in [0.5, 0.6) is 0 Å². The van der Waals surface area contributed by atoms with Crippen molar-refractivity contribution in [2.24, 2.45) is 5.73 Å². The SMILES string of the molecule is CCCS(=O)(=O)N1CCN(C(C)(C)C(=N)N)CC1. The number of piperazine rings is 1. The van der Waals surface area contributed by atoms with Crippen LogP contribution in [0.2, 0.25) is 0 Å². The highest BCUT2D eigenvalue weighted by Crippen LogP contribution is 2.18. The first-order valence-electron chi connectivity index (χ1n) is 6.29. The number of amidine groups is 1. The zero-order valence-electron chi connectivity index (χ0n) is 11.4. The van der Waals surface area contributed by atoms with Crippen LogP contribution in [-0.2, 0) is 10.0 Å². The molecule has 0 aliphatic carbocycles. The lowest BCUT2D eigenvalue weighted by molar-refractivity contribution is 0.121. The molecule has 0 amide bonds. The van der Waals surface area contributed by atoms with Gasteiger partial charge in [0, 0.05) is 26.2 Å². The zero-order chi connectivity index (χ0) is 14.0. The smallest absolute Gasteiger partial charge is 0.214 e. The van der Waals surface area contributed by atoms with Crippen molar-refractivity contribution >= 4 is 15.9 Å². The summed E-state index contributed by atoms with van der Waals surface area (Å²) in [6.45, 7) is 7.87. The van der Waals surface area contributed by atoms with E-state index in [1.807, 2.05) is 20.8 Å². The van der Waals surface area contributed by atoms with E-state index in [4.69, 9.17) is 11.1 Å². The maximum absolute atomic E-state index is 11.9. The van der Waals surface area contributed by atoms with Gasteiger partial charge in [0.05, 0.1) is 11.3 Å². The van der Waals surface area contributed by atoms with Gasteiger partial charge in [-0.15, -0.1) is 0 Å². The molecule has 106 valence electrons. The van der Waals surface area contributed by atoms with Crippen LogP contribution in [-0.4, -0.2) is 60.9 Å². The number of nitrogens with zero attached hydrogens (tertiary/aromatic N) is 2. The molecule has 0 aromatic heterocycles. The van der Waals surface area contributed by atoms with Crippen LogP contribution in [0.4, 0.5) is 0 Å². The predicted octanol–water partition coefficient (Wildman–Crippen LogP) is 0.0584. The Bertz CT molecular complexity index is 397. The van der Waals surface area contributed by atoms with Gasteiger partial charge in [-0.2, -0.15) is 4.31 Å². The molecule has 0 unspecified atom stereocenters. The molecule has 0 bridgehead atoms. The van der Waals surface area contributed by atoms with E-state index in [9.17, 15) is 8.42 Å². The van der Waals surface area contributed by atoms with Gasteiger partial charge in [-0.3, -0.25) is 10.3 Å². The molecule has 0 atom stereocenters. The van der Waals surface area contributed by atoms with Crippen LogP contribution in [0.15, 0.2) is 0 Å². The fourth-order valence-corrected chi connectivity index (χ4v) is 3.58. The first-order valence-corrected chi connectivity index (χ1v) is 7.90. The molecule has 0 aromatic rings. The summed E-state index contributed by atoms with van der Waals surface area (Å²) >= 11 is 0. The number of hydrogen-bond donors (Lipinski definition) is 2. The summed E-state index contributed by atoms with van der Waals surface area (Å²) in [6, 6.07) is 0. The summed E-state index contributed by atoms with van der Waals surface area (Å²) in [7, 11) is -3.10. The van der Waals surface area contributed by atoms with Crippen LogP contribution in [0.25, 0.3) is 0 Å². The van der Waals surface area contributed by atoms with Crippen molar-refractivity contribution in [2.75, 3.05) is 31.9 Å². The quantitative estimate of drug-likeness (QED) is 0.549. The van der Waals surface area contributed by atoms with Gasteiger partial charge >= 0.3 is 0 Å². The minimum atomic E-state index is -3.10. The molecule has 1 rings (SSSR count).